The summed E-state index contributed by atoms with van der Waals surface area (Å²) in [4.78, 5) is 13.4. The molecule has 3 aromatic heterocycles. The highest BCUT2D eigenvalue weighted by atomic mass is 35.5. The van der Waals surface area contributed by atoms with Gasteiger partial charge in [0.25, 0.3) is 0 Å². The molecule has 3 rings (SSSR count). The Kier molecular flexibility index (Phi) is 4.25. The van der Waals surface area contributed by atoms with E-state index in [1.54, 1.807) is 12.4 Å². The highest BCUT2D eigenvalue weighted by molar-refractivity contribution is 7.01. The molecule has 0 bridgehead atoms. The first-order valence-electron chi connectivity index (χ1n) is 6.26. The highest BCUT2D eigenvalue weighted by Gasteiger charge is 2.09. The smallest absolute Gasteiger partial charge is 0.336 e. The van der Waals surface area contributed by atoms with E-state index in [9.17, 15) is 0 Å². The van der Waals surface area contributed by atoms with Crippen LogP contribution >= 0.6 is 9.07 Å². The molecule has 0 fully saturated rings. The number of hydrogen-bond acceptors (Lipinski definition) is 3. The second-order valence-corrected chi connectivity index (χ2v) is 6.20. The molecule has 0 spiro atoms. The average Bonchev–Trinajstić information content (AvgIpc) is 2.56. The molecular weight excluding hydrogens is 282 g/mol. The molecule has 0 saturated heterocycles. The molecule has 3 aromatic rings. The van der Waals surface area contributed by atoms with Gasteiger partial charge in [-0.15, -0.1) is 3.69 Å². The Morgan fingerprint density at radius 2 is 1.30 bits per heavy atom. The third-order valence-corrected chi connectivity index (χ3v) is 4.54. The van der Waals surface area contributed by atoms with Crippen LogP contribution in [0.1, 0.15) is 0 Å². The Labute approximate surface area is 130 Å². The van der Waals surface area contributed by atoms with Crippen LogP contribution in [0.25, 0.3) is 22.8 Å². The van der Waals surface area contributed by atoms with Crippen molar-refractivity contribution in [2.75, 3.05) is 0 Å². The van der Waals surface area contributed by atoms with Gasteiger partial charge in [0.1, 0.15) is 0 Å². The molecule has 0 aliphatic heterocycles. The van der Waals surface area contributed by atoms with Gasteiger partial charge in [-0.05, 0) is 24.3 Å². The molecule has 0 N–H and O–H groups in total. The molecule has 0 amide bonds. The number of nitrogens with zero attached hydrogens (tertiary/aromatic N) is 3. The predicted molar refractivity (Wildman–Crippen MR) is 81.9 cm³/mol. The fourth-order valence-electron chi connectivity index (χ4n) is 1.96. The van der Waals surface area contributed by atoms with Gasteiger partial charge >= 0.3 is 19.3 Å². The van der Waals surface area contributed by atoms with Gasteiger partial charge in [-0.25, -0.2) is 4.98 Å². The summed E-state index contributed by atoms with van der Waals surface area (Å²) < 4.78 is 1.14. The second-order valence-electron chi connectivity index (χ2n) is 4.31. The molecule has 5 heteroatoms. The summed E-state index contributed by atoms with van der Waals surface area (Å²) in [5, 5.41) is 0. The molecule has 0 aromatic carbocycles. The summed E-state index contributed by atoms with van der Waals surface area (Å²) in [7, 11) is 6.12. The summed E-state index contributed by atoms with van der Waals surface area (Å²) in [6, 6.07) is 15.6. The van der Waals surface area contributed by atoms with Crippen LogP contribution in [0, 0.1) is 0 Å². The summed E-state index contributed by atoms with van der Waals surface area (Å²) in [6.45, 7) is 0. The van der Waals surface area contributed by atoms with E-state index in [0.29, 0.717) is 0 Å². The van der Waals surface area contributed by atoms with Gasteiger partial charge in [0.05, 0.1) is 22.8 Å². The minimum Gasteiger partial charge on any atom is -0.336 e. The minimum absolute atomic E-state index is 0.785. The topological polar surface area (TPSA) is 38.7 Å². The Morgan fingerprint density at radius 3 is 1.70 bits per heavy atom. The van der Waals surface area contributed by atoms with E-state index < -0.39 is 19.3 Å². The lowest BCUT2D eigenvalue weighted by Gasteiger charge is -2.07. The number of hydrogen-bond donors (Lipinski definition) is 0. The van der Waals surface area contributed by atoms with Crippen LogP contribution in [0.5, 0.6) is 0 Å². The first-order valence-corrected chi connectivity index (χ1v) is 9.11. The SMILES string of the molecule is [Cl][Mg][c]1cc(-c2ccccn2)nc(-c2ccccn2)c1. The normalized spacial score (nSPS) is 10.1. The van der Waals surface area contributed by atoms with Crippen molar-refractivity contribution in [2.45, 2.75) is 0 Å². The zero-order valence-corrected chi connectivity index (χ0v) is 12.9. The number of rotatable bonds is 3. The lowest BCUT2D eigenvalue weighted by Crippen LogP contribution is -2.11. The van der Waals surface area contributed by atoms with Crippen molar-refractivity contribution in [3.63, 3.8) is 0 Å². The zero-order valence-electron chi connectivity index (χ0n) is 10.7. The Morgan fingerprint density at radius 1 is 0.750 bits per heavy atom. The molecule has 20 heavy (non-hydrogen) atoms. The molecule has 0 unspecified atom stereocenters. The van der Waals surface area contributed by atoms with Crippen LogP contribution in [-0.4, -0.2) is 34.2 Å². The Bertz CT molecular complexity index is 647. The van der Waals surface area contributed by atoms with E-state index in [4.69, 9.17) is 9.07 Å². The maximum atomic E-state index is 6.12. The summed E-state index contributed by atoms with van der Waals surface area (Å²) >= 11 is -0.785. The number of aromatic nitrogens is 3. The van der Waals surface area contributed by atoms with E-state index in [2.05, 4.69) is 15.0 Å². The highest BCUT2D eigenvalue weighted by Crippen LogP contribution is 2.18. The molecule has 0 radical (unpaired) electrons. The van der Waals surface area contributed by atoms with Crippen LogP contribution in [0.15, 0.2) is 60.9 Å². The Hall–Kier alpha value is -1.49. The van der Waals surface area contributed by atoms with E-state index >= 15 is 0 Å². The molecule has 94 valence electrons. The standard InChI is InChI=1S/C15H10N3.ClH.Mg/c1-3-10-16-12(6-1)14-8-5-9-15(18-14)13-7-2-4-11-17-13;;/h1-4,6-11H;1H;/q;;+1/p-1. The van der Waals surface area contributed by atoms with Crippen molar-refractivity contribution in [3.8, 4) is 22.8 Å². The van der Waals surface area contributed by atoms with Gasteiger partial charge in [-0.2, -0.15) is 0 Å². The third-order valence-electron chi connectivity index (χ3n) is 2.89. The molecule has 3 nitrogen and oxygen atoms in total. The van der Waals surface area contributed by atoms with Crippen molar-refractivity contribution in [1.29, 1.82) is 0 Å². The molecule has 0 aliphatic rings. The van der Waals surface area contributed by atoms with E-state index in [1.807, 2.05) is 48.5 Å². The number of halogens is 1. The molecule has 0 aliphatic carbocycles. The monoisotopic (exact) mass is 291 g/mol. The average molecular weight is 292 g/mol. The predicted octanol–water partition coefficient (Wildman–Crippen LogP) is 2.69. The zero-order chi connectivity index (χ0) is 13.8. The summed E-state index contributed by atoms with van der Waals surface area (Å²) in [6.07, 6.45) is 3.53. The second kappa shape index (κ2) is 6.30. The van der Waals surface area contributed by atoms with Gasteiger partial charge in [-0.3, -0.25) is 9.97 Å². The largest absolute Gasteiger partial charge is 0.538 e. The quantitative estimate of drug-likeness (QED) is 0.697. The fourth-order valence-corrected chi connectivity index (χ4v) is 2.96. The molecule has 3 heterocycles. The first-order chi connectivity index (χ1) is 9.86. The van der Waals surface area contributed by atoms with Crippen LogP contribution in [-0.2, 0) is 0 Å². The Balaban J connectivity index is 2.13. The van der Waals surface area contributed by atoms with Gasteiger partial charge in [-0.1, -0.05) is 24.3 Å². The summed E-state index contributed by atoms with van der Waals surface area (Å²) in [5.41, 5.74) is 3.39. The minimum atomic E-state index is -0.785. The molecular formula is C15H10ClMgN3. The van der Waals surface area contributed by atoms with Crippen molar-refractivity contribution in [2.24, 2.45) is 0 Å². The fraction of sp³-hybridized carbons (Fsp3) is 0. The lowest BCUT2D eigenvalue weighted by atomic mass is 10.2. The summed E-state index contributed by atoms with van der Waals surface area (Å²) in [5.74, 6) is 0. The van der Waals surface area contributed by atoms with E-state index in [-0.39, 0.29) is 0 Å². The van der Waals surface area contributed by atoms with E-state index in [1.165, 1.54) is 0 Å². The van der Waals surface area contributed by atoms with Crippen molar-refractivity contribution < 1.29 is 0 Å². The molecule has 0 atom stereocenters. The van der Waals surface area contributed by atoms with Gasteiger partial charge < -0.3 is 9.07 Å². The van der Waals surface area contributed by atoms with Crippen LogP contribution in [0.2, 0.25) is 0 Å². The first kappa shape index (κ1) is 13.5. The van der Waals surface area contributed by atoms with Gasteiger partial charge in [0, 0.05) is 12.4 Å². The lowest BCUT2D eigenvalue weighted by molar-refractivity contribution is 1.22. The van der Waals surface area contributed by atoms with Crippen LogP contribution in [0.3, 0.4) is 0 Å². The van der Waals surface area contributed by atoms with Crippen LogP contribution < -0.4 is 3.69 Å². The van der Waals surface area contributed by atoms with E-state index in [0.717, 1.165) is 26.5 Å². The van der Waals surface area contributed by atoms with Crippen molar-refractivity contribution in [1.82, 2.24) is 15.0 Å². The van der Waals surface area contributed by atoms with Crippen molar-refractivity contribution >= 4 is 32.0 Å². The third kappa shape index (κ3) is 2.98. The van der Waals surface area contributed by atoms with Crippen LogP contribution in [0.4, 0.5) is 0 Å². The number of pyridine rings is 3. The van der Waals surface area contributed by atoms with Crippen molar-refractivity contribution in [3.05, 3.63) is 60.9 Å². The molecule has 0 saturated carbocycles. The maximum Gasteiger partial charge on any atom is 0.538 e. The maximum absolute atomic E-state index is 6.12. The van der Waals surface area contributed by atoms with Gasteiger partial charge in [0.15, 0.2) is 0 Å². The van der Waals surface area contributed by atoms with Gasteiger partial charge in [0.2, 0.25) is 0 Å².